The van der Waals surface area contributed by atoms with E-state index in [2.05, 4.69) is 41.2 Å². The second kappa shape index (κ2) is 14.6. The van der Waals surface area contributed by atoms with Crippen LogP contribution < -0.4 is 4.74 Å². The van der Waals surface area contributed by atoms with Crippen molar-refractivity contribution in [1.29, 1.82) is 0 Å². The molecule has 1 atom stereocenters. The number of hydrogen-bond acceptors (Lipinski definition) is 4. The minimum Gasteiger partial charge on any atom is -0.424 e. The van der Waals surface area contributed by atoms with Gasteiger partial charge >= 0.3 is 5.97 Å². The molecule has 3 aromatic rings. The van der Waals surface area contributed by atoms with Gasteiger partial charge in [0.2, 0.25) is 5.67 Å². The molecule has 0 aliphatic heterocycles. The van der Waals surface area contributed by atoms with Crippen molar-refractivity contribution in [2.24, 2.45) is 0 Å². The first-order valence-corrected chi connectivity index (χ1v) is 13.9. The molecule has 0 spiro atoms. The Kier molecular flexibility index (Phi) is 11.2. The number of rotatable bonds is 15. The highest BCUT2D eigenvalue weighted by Crippen LogP contribution is 2.26. The summed E-state index contributed by atoms with van der Waals surface area (Å²) in [5, 5.41) is 0. The van der Waals surface area contributed by atoms with Crippen LogP contribution in [0.3, 0.4) is 0 Å². The highest BCUT2D eigenvalue weighted by atomic mass is 19.1. The van der Waals surface area contributed by atoms with Crippen molar-refractivity contribution in [2.45, 2.75) is 97.1 Å². The Morgan fingerprint density at radius 3 is 1.95 bits per heavy atom. The van der Waals surface area contributed by atoms with Gasteiger partial charge in [0.15, 0.2) is 5.82 Å². The average Bonchev–Trinajstić information content (AvgIpc) is 2.92. The van der Waals surface area contributed by atoms with E-state index in [1.807, 2.05) is 19.1 Å². The molecule has 5 heteroatoms. The Morgan fingerprint density at radius 2 is 1.32 bits per heavy atom. The molecule has 37 heavy (non-hydrogen) atoms. The van der Waals surface area contributed by atoms with E-state index >= 15 is 0 Å². The van der Waals surface area contributed by atoms with Crippen LogP contribution in [0.4, 0.5) is 4.39 Å². The second-order valence-corrected chi connectivity index (χ2v) is 10.1. The van der Waals surface area contributed by atoms with Crippen LogP contribution in [-0.4, -0.2) is 21.6 Å². The summed E-state index contributed by atoms with van der Waals surface area (Å²) in [4.78, 5) is 21.3. The number of ether oxygens (including phenoxy) is 1. The van der Waals surface area contributed by atoms with E-state index in [1.165, 1.54) is 57.4 Å². The fourth-order valence-corrected chi connectivity index (χ4v) is 4.27. The first-order valence-electron chi connectivity index (χ1n) is 13.9. The number of unbranched alkanes of at least 4 members (excludes halogenated alkanes) is 7. The molecule has 0 bridgehead atoms. The number of esters is 1. The average molecular weight is 505 g/mol. The number of aromatic nitrogens is 2. The van der Waals surface area contributed by atoms with E-state index in [4.69, 9.17) is 4.74 Å². The zero-order valence-electron chi connectivity index (χ0n) is 22.6. The fraction of sp³-hybridized carbons (Fsp3) is 0.469. The number of hydrogen-bond donors (Lipinski definition) is 0. The summed E-state index contributed by atoms with van der Waals surface area (Å²) < 4.78 is 19.8. The lowest BCUT2D eigenvalue weighted by atomic mass is 10.0. The number of benzene rings is 2. The van der Waals surface area contributed by atoms with Crippen molar-refractivity contribution in [3.8, 4) is 28.3 Å². The van der Waals surface area contributed by atoms with Gasteiger partial charge in [0.25, 0.3) is 0 Å². The van der Waals surface area contributed by atoms with Gasteiger partial charge in [-0.3, -0.25) is 0 Å². The molecule has 0 fully saturated rings. The van der Waals surface area contributed by atoms with Gasteiger partial charge in [0, 0.05) is 23.5 Å². The summed E-state index contributed by atoms with van der Waals surface area (Å²) >= 11 is 0. The maximum Gasteiger partial charge on any atom is 0.348 e. The van der Waals surface area contributed by atoms with Crippen molar-refractivity contribution in [1.82, 2.24) is 9.97 Å². The molecule has 0 radical (unpaired) electrons. The summed E-state index contributed by atoms with van der Waals surface area (Å²) in [6.45, 7) is 5.50. The molecule has 0 aliphatic rings. The minimum absolute atomic E-state index is 0.159. The lowest BCUT2D eigenvalue weighted by Gasteiger charge is -2.18. The van der Waals surface area contributed by atoms with Crippen LogP contribution in [0.1, 0.15) is 90.5 Å². The third-order valence-electron chi connectivity index (χ3n) is 6.76. The van der Waals surface area contributed by atoms with Crippen LogP contribution in [0.15, 0.2) is 60.9 Å². The molecule has 0 saturated heterocycles. The van der Waals surface area contributed by atoms with Crippen molar-refractivity contribution >= 4 is 5.97 Å². The van der Waals surface area contributed by atoms with Crippen LogP contribution in [0.2, 0.25) is 0 Å². The van der Waals surface area contributed by atoms with Crippen LogP contribution in [0, 0.1) is 0 Å². The zero-order chi connectivity index (χ0) is 26.5. The van der Waals surface area contributed by atoms with Crippen LogP contribution >= 0.6 is 0 Å². The van der Waals surface area contributed by atoms with Gasteiger partial charge in [-0.1, -0.05) is 95.2 Å². The zero-order valence-corrected chi connectivity index (χ0v) is 22.6. The summed E-state index contributed by atoms with van der Waals surface area (Å²) in [5.74, 6) is 0.157. The maximum atomic E-state index is 14.5. The van der Waals surface area contributed by atoms with E-state index in [1.54, 1.807) is 24.5 Å². The van der Waals surface area contributed by atoms with E-state index < -0.39 is 11.6 Å². The van der Waals surface area contributed by atoms with Gasteiger partial charge in [0.1, 0.15) is 5.75 Å². The van der Waals surface area contributed by atoms with Crippen LogP contribution in [-0.2, 0) is 11.2 Å². The Hall–Kier alpha value is -3.08. The van der Waals surface area contributed by atoms with E-state index in [0.29, 0.717) is 18.0 Å². The molecule has 0 aliphatic carbocycles. The van der Waals surface area contributed by atoms with Crippen molar-refractivity contribution in [3.05, 3.63) is 66.5 Å². The summed E-state index contributed by atoms with van der Waals surface area (Å²) in [6.07, 6.45) is 15.6. The van der Waals surface area contributed by atoms with Crippen molar-refractivity contribution in [3.63, 3.8) is 0 Å². The minimum atomic E-state index is -1.98. The van der Waals surface area contributed by atoms with Crippen LogP contribution in [0.25, 0.3) is 22.5 Å². The first kappa shape index (κ1) is 28.5. The van der Waals surface area contributed by atoms with E-state index in [0.717, 1.165) is 29.5 Å². The maximum absolute atomic E-state index is 14.5. The Balaban J connectivity index is 1.51. The van der Waals surface area contributed by atoms with Crippen molar-refractivity contribution in [2.75, 3.05) is 0 Å². The predicted octanol–water partition coefficient (Wildman–Crippen LogP) is 8.93. The Morgan fingerprint density at radius 1 is 0.757 bits per heavy atom. The van der Waals surface area contributed by atoms with Gasteiger partial charge in [-0.05, 0) is 55.9 Å². The molecule has 1 aromatic heterocycles. The molecule has 4 nitrogen and oxygen atoms in total. The molecule has 1 heterocycles. The summed E-state index contributed by atoms with van der Waals surface area (Å²) in [7, 11) is 0. The third kappa shape index (κ3) is 9.07. The second-order valence-electron chi connectivity index (χ2n) is 10.1. The number of carbonyl (C=O) groups excluding carboxylic acids is 1. The fourth-order valence-electron chi connectivity index (χ4n) is 4.27. The summed E-state index contributed by atoms with van der Waals surface area (Å²) in [5.41, 5.74) is 2.12. The monoisotopic (exact) mass is 504 g/mol. The Bertz CT molecular complexity index is 1080. The van der Waals surface area contributed by atoms with Crippen molar-refractivity contribution < 1.29 is 13.9 Å². The first-order chi connectivity index (χ1) is 17.9. The van der Waals surface area contributed by atoms with Gasteiger partial charge < -0.3 is 4.74 Å². The number of alkyl halides is 1. The van der Waals surface area contributed by atoms with Gasteiger partial charge in [-0.15, -0.1) is 0 Å². The van der Waals surface area contributed by atoms with Gasteiger partial charge in [-0.25, -0.2) is 19.2 Å². The molecular formula is C32H41FN2O2. The molecule has 0 N–H and O–H groups in total. The van der Waals surface area contributed by atoms with Crippen LogP contribution in [0.5, 0.6) is 5.75 Å². The molecular weight excluding hydrogens is 463 g/mol. The van der Waals surface area contributed by atoms with Gasteiger partial charge in [-0.2, -0.15) is 0 Å². The molecule has 0 saturated carbocycles. The SMILES string of the molecule is CCCCCCCCCc1ccc(-c2ncc(-c3ccc(OC(=O)C(C)(F)CCCC)cc3)cn2)cc1. The normalized spacial score (nSPS) is 12.8. The number of halogens is 1. The lowest BCUT2D eigenvalue weighted by molar-refractivity contribution is -0.147. The van der Waals surface area contributed by atoms with E-state index in [-0.39, 0.29) is 6.42 Å². The topological polar surface area (TPSA) is 52.1 Å². The molecule has 0 amide bonds. The summed E-state index contributed by atoms with van der Waals surface area (Å²) in [6, 6.07) is 15.5. The largest absolute Gasteiger partial charge is 0.424 e. The number of nitrogens with zero attached hydrogens (tertiary/aromatic N) is 2. The smallest absolute Gasteiger partial charge is 0.348 e. The molecule has 3 rings (SSSR count). The molecule has 198 valence electrons. The van der Waals surface area contributed by atoms with E-state index in [9.17, 15) is 9.18 Å². The quantitative estimate of drug-likeness (QED) is 0.118. The third-order valence-corrected chi connectivity index (χ3v) is 6.76. The number of aryl methyl sites for hydroxylation is 1. The lowest BCUT2D eigenvalue weighted by Crippen LogP contribution is -2.34. The highest BCUT2D eigenvalue weighted by molar-refractivity contribution is 5.81. The Labute approximate surface area is 221 Å². The predicted molar refractivity (Wildman–Crippen MR) is 149 cm³/mol. The molecule has 2 aromatic carbocycles. The highest BCUT2D eigenvalue weighted by Gasteiger charge is 2.34. The standard InChI is InChI=1S/C32H41FN2O2/c1-4-6-8-9-10-11-12-13-25-14-16-27(17-15-25)30-34-23-28(24-35-30)26-18-20-29(21-19-26)37-31(36)32(3,33)22-7-5-2/h14-21,23-24H,4-13,22H2,1-3H3. The molecule has 1 unspecified atom stereocenters. The van der Waals surface area contributed by atoms with Gasteiger partial charge in [0.05, 0.1) is 0 Å². The number of carbonyl (C=O) groups is 1.